The SMILES string of the molecule is Brc1ccc(-c2cnc(C3CC3)[nH]2)cc1. The number of halogens is 1. The van der Waals surface area contributed by atoms with Crippen LogP contribution in [0.4, 0.5) is 0 Å². The molecule has 0 bridgehead atoms. The molecule has 1 N–H and O–H groups in total. The van der Waals surface area contributed by atoms with Gasteiger partial charge >= 0.3 is 0 Å². The summed E-state index contributed by atoms with van der Waals surface area (Å²) in [7, 11) is 0. The van der Waals surface area contributed by atoms with Gasteiger partial charge in [0.25, 0.3) is 0 Å². The summed E-state index contributed by atoms with van der Waals surface area (Å²) < 4.78 is 1.10. The van der Waals surface area contributed by atoms with Gasteiger partial charge in [-0.05, 0) is 30.5 Å². The predicted octanol–water partition coefficient (Wildman–Crippen LogP) is 3.72. The second kappa shape index (κ2) is 3.49. The van der Waals surface area contributed by atoms with Crippen LogP contribution in [0, 0.1) is 0 Å². The highest BCUT2D eigenvalue weighted by molar-refractivity contribution is 9.10. The summed E-state index contributed by atoms with van der Waals surface area (Å²) >= 11 is 3.43. The molecule has 15 heavy (non-hydrogen) atoms. The molecule has 2 nitrogen and oxygen atoms in total. The largest absolute Gasteiger partial charge is 0.342 e. The van der Waals surface area contributed by atoms with Gasteiger partial charge in [-0.15, -0.1) is 0 Å². The molecule has 2 aromatic rings. The van der Waals surface area contributed by atoms with E-state index >= 15 is 0 Å². The first-order valence-corrected chi connectivity index (χ1v) is 5.93. The quantitative estimate of drug-likeness (QED) is 0.878. The van der Waals surface area contributed by atoms with Gasteiger partial charge in [-0.2, -0.15) is 0 Å². The van der Waals surface area contributed by atoms with E-state index in [-0.39, 0.29) is 0 Å². The van der Waals surface area contributed by atoms with Crippen LogP contribution in [-0.2, 0) is 0 Å². The molecule has 3 heteroatoms. The second-order valence-electron chi connectivity index (χ2n) is 3.96. The lowest BCUT2D eigenvalue weighted by atomic mass is 10.2. The number of hydrogen-bond acceptors (Lipinski definition) is 1. The molecule has 0 amide bonds. The summed E-state index contributed by atoms with van der Waals surface area (Å²) in [5.74, 6) is 1.84. The van der Waals surface area contributed by atoms with E-state index < -0.39 is 0 Å². The zero-order valence-electron chi connectivity index (χ0n) is 8.20. The predicted molar refractivity (Wildman–Crippen MR) is 63.7 cm³/mol. The molecule has 1 heterocycles. The van der Waals surface area contributed by atoms with Gasteiger partial charge in [-0.3, -0.25) is 0 Å². The van der Waals surface area contributed by atoms with E-state index in [2.05, 4.69) is 38.0 Å². The van der Waals surface area contributed by atoms with Crippen LogP contribution < -0.4 is 0 Å². The summed E-state index contributed by atoms with van der Waals surface area (Å²) in [6.45, 7) is 0. The summed E-state index contributed by atoms with van der Waals surface area (Å²) in [6, 6.07) is 8.28. The van der Waals surface area contributed by atoms with E-state index in [4.69, 9.17) is 0 Å². The zero-order valence-corrected chi connectivity index (χ0v) is 9.79. The molecule has 3 rings (SSSR count). The average Bonchev–Trinajstić information content (AvgIpc) is 2.99. The fourth-order valence-electron chi connectivity index (χ4n) is 1.68. The number of aromatic amines is 1. The smallest absolute Gasteiger partial charge is 0.109 e. The second-order valence-corrected chi connectivity index (χ2v) is 4.88. The van der Waals surface area contributed by atoms with Gasteiger partial charge in [0.1, 0.15) is 5.82 Å². The van der Waals surface area contributed by atoms with Crippen molar-refractivity contribution in [1.82, 2.24) is 9.97 Å². The Morgan fingerprint density at radius 1 is 1.20 bits per heavy atom. The van der Waals surface area contributed by atoms with Crippen molar-refractivity contribution < 1.29 is 0 Å². The van der Waals surface area contributed by atoms with Gasteiger partial charge in [0.15, 0.2) is 0 Å². The molecule has 0 unspecified atom stereocenters. The minimum Gasteiger partial charge on any atom is -0.342 e. The van der Waals surface area contributed by atoms with Crippen molar-refractivity contribution in [2.45, 2.75) is 18.8 Å². The summed E-state index contributed by atoms with van der Waals surface area (Å²) in [5, 5.41) is 0. The van der Waals surface area contributed by atoms with Crippen LogP contribution in [0.2, 0.25) is 0 Å². The van der Waals surface area contributed by atoms with E-state index in [9.17, 15) is 0 Å². The highest BCUT2D eigenvalue weighted by Gasteiger charge is 2.26. The molecule has 0 radical (unpaired) electrons. The van der Waals surface area contributed by atoms with Crippen molar-refractivity contribution in [1.29, 1.82) is 0 Å². The third kappa shape index (κ3) is 1.84. The third-order valence-electron chi connectivity index (χ3n) is 2.71. The number of imidazole rings is 1. The Bertz CT molecular complexity index is 469. The maximum absolute atomic E-state index is 4.41. The summed E-state index contributed by atoms with van der Waals surface area (Å²) in [4.78, 5) is 7.79. The van der Waals surface area contributed by atoms with E-state index in [0.29, 0.717) is 5.92 Å². The van der Waals surface area contributed by atoms with Crippen LogP contribution in [0.3, 0.4) is 0 Å². The van der Waals surface area contributed by atoms with Gasteiger partial charge in [0.2, 0.25) is 0 Å². The van der Waals surface area contributed by atoms with Gasteiger partial charge in [-0.25, -0.2) is 4.98 Å². The number of H-pyrrole nitrogens is 1. The Morgan fingerprint density at radius 3 is 2.60 bits per heavy atom. The molecule has 0 aliphatic heterocycles. The van der Waals surface area contributed by atoms with Gasteiger partial charge in [0.05, 0.1) is 11.9 Å². The Kier molecular flexibility index (Phi) is 2.13. The standard InChI is InChI=1S/C12H11BrN2/c13-10-5-3-8(4-6-10)11-7-14-12(15-11)9-1-2-9/h3-7,9H,1-2H2,(H,14,15). The van der Waals surface area contributed by atoms with E-state index in [1.54, 1.807) is 0 Å². The first-order chi connectivity index (χ1) is 7.33. The van der Waals surface area contributed by atoms with Crippen LogP contribution in [-0.4, -0.2) is 9.97 Å². The molecule has 1 aliphatic rings. The average molecular weight is 263 g/mol. The highest BCUT2D eigenvalue weighted by Crippen LogP contribution is 2.38. The third-order valence-corrected chi connectivity index (χ3v) is 3.24. The number of aromatic nitrogens is 2. The number of nitrogens with zero attached hydrogens (tertiary/aromatic N) is 1. The number of nitrogens with one attached hydrogen (secondary N) is 1. The topological polar surface area (TPSA) is 28.7 Å². The lowest BCUT2D eigenvalue weighted by Crippen LogP contribution is -1.81. The van der Waals surface area contributed by atoms with Crippen molar-refractivity contribution in [2.24, 2.45) is 0 Å². The van der Waals surface area contributed by atoms with Crippen molar-refractivity contribution in [3.05, 3.63) is 40.8 Å². The molecule has 1 aromatic heterocycles. The van der Waals surface area contributed by atoms with Crippen molar-refractivity contribution in [3.8, 4) is 11.3 Å². The Labute approximate surface area is 96.9 Å². The molecule has 0 atom stereocenters. The fourth-order valence-corrected chi connectivity index (χ4v) is 1.94. The molecule has 1 aliphatic carbocycles. The number of rotatable bonds is 2. The zero-order chi connectivity index (χ0) is 10.3. The first-order valence-electron chi connectivity index (χ1n) is 5.14. The summed E-state index contributed by atoms with van der Waals surface area (Å²) in [5.41, 5.74) is 2.31. The normalized spacial score (nSPS) is 15.5. The van der Waals surface area contributed by atoms with E-state index in [1.165, 1.54) is 18.4 Å². The Balaban J connectivity index is 1.93. The molecule has 0 spiro atoms. The molecule has 1 fully saturated rings. The van der Waals surface area contributed by atoms with Gasteiger partial charge in [0, 0.05) is 10.4 Å². The minimum atomic E-state index is 0.689. The first kappa shape index (κ1) is 9.16. The number of hydrogen-bond donors (Lipinski definition) is 1. The molecular weight excluding hydrogens is 252 g/mol. The molecule has 0 saturated heterocycles. The minimum absolute atomic E-state index is 0.689. The molecular formula is C12H11BrN2. The van der Waals surface area contributed by atoms with Gasteiger partial charge in [-0.1, -0.05) is 28.1 Å². The highest BCUT2D eigenvalue weighted by atomic mass is 79.9. The maximum Gasteiger partial charge on any atom is 0.109 e. The van der Waals surface area contributed by atoms with Crippen LogP contribution in [0.5, 0.6) is 0 Å². The van der Waals surface area contributed by atoms with Crippen LogP contribution >= 0.6 is 15.9 Å². The van der Waals surface area contributed by atoms with Crippen molar-refractivity contribution in [3.63, 3.8) is 0 Å². The lowest BCUT2D eigenvalue weighted by molar-refractivity contribution is 0.977. The number of benzene rings is 1. The Hall–Kier alpha value is -1.09. The maximum atomic E-state index is 4.41. The Morgan fingerprint density at radius 2 is 1.93 bits per heavy atom. The van der Waals surface area contributed by atoms with Gasteiger partial charge < -0.3 is 4.98 Å². The van der Waals surface area contributed by atoms with Crippen molar-refractivity contribution >= 4 is 15.9 Å². The molecule has 1 aromatic carbocycles. The van der Waals surface area contributed by atoms with E-state index in [0.717, 1.165) is 16.0 Å². The van der Waals surface area contributed by atoms with Crippen LogP contribution in [0.25, 0.3) is 11.3 Å². The fraction of sp³-hybridized carbons (Fsp3) is 0.250. The van der Waals surface area contributed by atoms with Crippen molar-refractivity contribution in [2.75, 3.05) is 0 Å². The molecule has 76 valence electrons. The lowest BCUT2D eigenvalue weighted by Gasteiger charge is -1.97. The monoisotopic (exact) mass is 262 g/mol. The van der Waals surface area contributed by atoms with Crippen LogP contribution in [0.15, 0.2) is 34.9 Å². The molecule has 1 saturated carbocycles. The van der Waals surface area contributed by atoms with E-state index in [1.807, 2.05) is 18.3 Å². The van der Waals surface area contributed by atoms with Crippen LogP contribution in [0.1, 0.15) is 24.6 Å². The summed E-state index contributed by atoms with van der Waals surface area (Å²) in [6.07, 6.45) is 4.50.